The Kier molecular flexibility index (Phi) is 4.59. The Bertz CT molecular complexity index is 372. The summed E-state index contributed by atoms with van der Waals surface area (Å²) in [7, 11) is 0. The predicted octanol–water partition coefficient (Wildman–Crippen LogP) is 2.24. The lowest BCUT2D eigenvalue weighted by molar-refractivity contribution is 0.0176. The van der Waals surface area contributed by atoms with E-state index in [1.54, 1.807) is 0 Å². The smallest absolute Gasteiger partial charge is 0.0900 e. The highest BCUT2D eigenvalue weighted by molar-refractivity contribution is 9.10. The standard InChI is InChI=1S/C12H20BrN3O/c1-3-16-11(12(13)9(2)15-16)8-17-10-4-6-14-7-5-10/h10,14H,3-8H2,1-2H3. The maximum Gasteiger partial charge on any atom is 0.0900 e. The number of halogens is 1. The summed E-state index contributed by atoms with van der Waals surface area (Å²) in [5, 5.41) is 7.81. The molecule has 1 aromatic heterocycles. The van der Waals surface area contributed by atoms with Gasteiger partial charge in [0.15, 0.2) is 0 Å². The summed E-state index contributed by atoms with van der Waals surface area (Å²) < 4.78 is 9.08. The molecule has 5 heteroatoms. The number of ether oxygens (including phenoxy) is 1. The van der Waals surface area contributed by atoms with Crippen LogP contribution in [-0.2, 0) is 17.9 Å². The highest BCUT2D eigenvalue weighted by Crippen LogP contribution is 2.23. The third kappa shape index (κ3) is 3.09. The maximum absolute atomic E-state index is 5.97. The monoisotopic (exact) mass is 301 g/mol. The highest BCUT2D eigenvalue weighted by Gasteiger charge is 2.17. The molecule has 0 bridgehead atoms. The van der Waals surface area contributed by atoms with Gasteiger partial charge in [-0.2, -0.15) is 5.10 Å². The largest absolute Gasteiger partial charge is 0.372 e. The summed E-state index contributed by atoms with van der Waals surface area (Å²) >= 11 is 3.59. The fourth-order valence-corrected chi connectivity index (χ4v) is 2.56. The van der Waals surface area contributed by atoms with Crippen molar-refractivity contribution in [2.24, 2.45) is 0 Å². The zero-order valence-corrected chi connectivity index (χ0v) is 12.1. The van der Waals surface area contributed by atoms with E-state index in [9.17, 15) is 0 Å². The van der Waals surface area contributed by atoms with Crippen molar-refractivity contribution in [2.45, 2.75) is 45.9 Å². The molecule has 2 heterocycles. The van der Waals surface area contributed by atoms with Gasteiger partial charge in [0.25, 0.3) is 0 Å². The Morgan fingerprint density at radius 3 is 2.82 bits per heavy atom. The van der Waals surface area contributed by atoms with Gasteiger partial charge in [-0.25, -0.2) is 0 Å². The van der Waals surface area contributed by atoms with Gasteiger partial charge in [-0.05, 0) is 55.7 Å². The molecule has 1 aliphatic heterocycles. The van der Waals surface area contributed by atoms with Crippen molar-refractivity contribution in [3.8, 4) is 0 Å². The molecule has 0 atom stereocenters. The van der Waals surface area contributed by atoms with E-state index in [4.69, 9.17) is 4.74 Å². The Hall–Kier alpha value is -0.390. The molecule has 1 aliphatic rings. The second-order valence-corrected chi connectivity index (χ2v) is 5.22. The molecule has 1 saturated heterocycles. The molecule has 96 valence electrons. The van der Waals surface area contributed by atoms with E-state index < -0.39 is 0 Å². The quantitative estimate of drug-likeness (QED) is 0.927. The number of piperidine rings is 1. The predicted molar refractivity (Wildman–Crippen MR) is 71.0 cm³/mol. The lowest BCUT2D eigenvalue weighted by atomic mass is 10.1. The Labute approximate surface area is 111 Å². The molecule has 1 fully saturated rings. The maximum atomic E-state index is 5.97. The number of hydrogen-bond donors (Lipinski definition) is 1. The third-order valence-electron chi connectivity index (χ3n) is 3.19. The van der Waals surface area contributed by atoms with E-state index in [0.717, 1.165) is 48.3 Å². The first-order chi connectivity index (χ1) is 8.22. The fraction of sp³-hybridized carbons (Fsp3) is 0.750. The normalized spacial score (nSPS) is 17.6. The summed E-state index contributed by atoms with van der Waals surface area (Å²) in [6, 6.07) is 0. The summed E-state index contributed by atoms with van der Waals surface area (Å²) in [5.41, 5.74) is 2.19. The minimum atomic E-state index is 0.392. The van der Waals surface area contributed by atoms with Crippen LogP contribution in [0.2, 0.25) is 0 Å². The average molecular weight is 302 g/mol. The third-order valence-corrected chi connectivity index (χ3v) is 4.23. The van der Waals surface area contributed by atoms with Crippen LogP contribution in [0.5, 0.6) is 0 Å². The molecule has 0 unspecified atom stereocenters. The number of nitrogens with one attached hydrogen (secondary N) is 1. The van der Waals surface area contributed by atoms with Crippen molar-refractivity contribution < 1.29 is 4.74 Å². The van der Waals surface area contributed by atoms with Gasteiger partial charge in [0.05, 0.1) is 28.6 Å². The van der Waals surface area contributed by atoms with Gasteiger partial charge in [-0.15, -0.1) is 0 Å². The van der Waals surface area contributed by atoms with E-state index in [1.165, 1.54) is 0 Å². The molecule has 0 radical (unpaired) electrons. The van der Waals surface area contributed by atoms with Gasteiger partial charge in [-0.3, -0.25) is 4.68 Å². The zero-order chi connectivity index (χ0) is 12.3. The number of aryl methyl sites for hydroxylation is 2. The van der Waals surface area contributed by atoms with Crippen LogP contribution in [0, 0.1) is 6.92 Å². The van der Waals surface area contributed by atoms with Crippen LogP contribution in [0.25, 0.3) is 0 Å². The molecule has 1 N–H and O–H groups in total. The summed E-state index contributed by atoms with van der Waals surface area (Å²) in [4.78, 5) is 0. The van der Waals surface area contributed by atoms with E-state index in [-0.39, 0.29) is 0 Å². The van der Waals surface area contributed by atoms with Crippen molar-refractivity contribution in [2.75, 3.05) is 13.1 Å². The molecule has 17 heavy (non-hydrogen) atoms. The zero-order valence-electron chi connectivity index (χ0n) is 10.5. The van der Waals surface area contributed by atoms with Crippen molar-refractivity contribution in [1.29, 1.82) is 0 Å². The number of rotatable bonds is 4. The SMILES string of the molecule is CCn1nc(C)c(Br)c1COC1CCNCC1. The van der Waals surface area contributed by atoms with Gasteiger partial charge >= 0.3 is 0 Å². The lowest BCUT2D eigenvalue weighted by Crippen LogP contribution is -2.32. The number of nitrogens with zero attached hydrogens (tertiary/aromatic N) is 2. The van der Waals surface area contributed by atoms with Gasteiger partial charge in [-0.1, -0.05) is 0 Å². The van der Waals surface area contributed by atoms with Crippen LogP contribution in [0.3, 0.4) is 0 Å². The topological polar surface area (TPSA) is 39.1 Å². The molecule has 0 aromatic carbocycles. The molecule has 0 saturated carbocycles. The van der Waals surface area contributed by atoms with Crippen LogP contribution < -0.4 is 5.32 Å². The molecule has 1 aromatic rings. The van der Waals surface area contributed by atoms with Crippen LogP contribution in [-0.4, -0.2) is 29.0 Å². The minimum absolute atomic E-state index is 0.392. The van der Waals surface area contributed by atoms with E-state index in [2.05, 4.69) is 33.3 Å². The first-order valence-electron chi connectivity index (χ1n) is 6.26. The molecular formula is C12H20BrN3O. The van der Waals surface area contributed by atoms with Gasteiger partial charge in [0.1, 0.15) is 0 Å². The summed E-state index contributed by atoms with van der Waals surface area (Å²) in [5.74, 6) is 0. The minimum Gasteiger partial charge on any atom is -0.372 e. The molecule has 4 nitrogen and oxygen atoms in total. The van der Waals surface area contributed by atoms with Gasteiger partial charge in [0, 0.05) is 6.54 Å². The summed E-state index contributed by atoms with van der Waals surface area (Å²) in [6.07, 6.45) is 2.61. The first-order valence-corrected chi connectivity index (χ1v) is 7.05. The van der Waals surface area contributed by atoms with Gasteiger partial charge in [0.2, 0.25) is 0 Å². The average Bonchev–Trinajstić information content (AvgIpc) is 2.64. The number of hydrogen-bond acceptors (Lipinski definition) is 3. The molecule has 0 aliphatic carbocycles. The first kappa shape index (κ1) is 13.1. The summed E-state index contributed by atoms with van der Waals surface area (Å²) in [6.45, 7) is 7.80. The second kappa shape index (κ2) is 5.98. The fourth-order valence-electron chi connectivity index (χ4n) is 2.17. The van der Waals surface area contributed by atoms with Crippen molar-refractivity contribution >= 4 is 15.9 Å². The van der Waals surface area contributed by atoms with Crippen molar-refractivity contribution in [1.82, 2.24) is 15.1 Å². The lowest BCUT2D eigenvalue weighted by Gasteiger charge is -2.23. The molecule has 0 spiro atoms. The Balaban J connectivity index is 1.97. The number of aromatic nitrogens is 2. The Morgan fingerprint density at radius 2 is 2.18 bits per heavy atom. The van der Waals surface area contributed by atoms with Crippen molar-refractivity contribution in [3.05, 3.63) is 15.9 Å². The van der Waals surface area contributed by atoms with Crippen LogP contribution in [0.1, 0.15) is 31.2 Å². The molecule has 0 amide bonds. The van der Waals surface area contributed by atoms with E-state index in [0.29, 0.717) is 12.7 Å². The van der Waals surface area contributed by atoms with E-state index >= 15 is 0 Å². The molecular weight excluding hydrogens is 282 g/mol. The Morgan fingerprint density at radius 1 is 1.47 bits per heavy atom. The van der Waals surface area contributed by atoms with Crippen LogP contribution in [0.4, 0.5) is 0 Å². The van der Waals surface area contributed by atoms with Crippen molar-refractivity contribution in [3.63, 3.8) is 0 Å². The second-order valence-electron chi connectivity index (χ2n) is 4.42. The van der Waals surface area contributed by atoms with Crippen LogP contribution >= 0.6 is 15.9 Å². The van der Waals surface area contributed by atoms with E-state index in [1.807, 2.05) is 11.6 Å². The highest BCUT2D eigenvalue weighted by atomic mass is 79.9. The van der Waals surface area contributed by atoms with Gasteiger partial charge < -0.3 is 10.1 Å². The molecule has 2 rings (SSSR count). The van der Waals surface area contributed by atoms with Crippen LogP contribution in [0.15, 0.2) is 4.47 Å².